The summed E-state index contributed by atoms with van der Waals surface area (Å²) in [5, 5.41) is 11.4. The van der Waals surface area contributed by atoms with Gasteiger partial charge in [-0.3, -0.25) is 9.59 Å². The molecule has 0 saturated heterocycles. The van der Waals surface area contributed by atoms with Crippen molar-refractivity contribution >= 4 is 23.4 Å². The maximum Gasteiger partial charge on any atom is 0.416 e. The Hall–Kier alpha value is -2.80. The van der Waals surface area contributed by atoms with Gasteiger partial charge in [-0.2, -0.15) is 18.4 Å². The molecule has 0 bridgehead atoms. The minimum Gasteiger partial charge on any atom is -0.325 e. The largest absolute Gasteiger partial charge is 0.416 e. The van der Waals surface area contributed by atoms with Crippen molar-refractivity contribution in [2.45, 2.75) is 24.7 Å². The van der Waals surface area contributed by atoms with E-state index in [1.807, 2.05) is 0 Å². The Morgan fingerprint density at radius 2 is 2.15 bits per heavy atom. The van der Waals surface area contributed by atoms with Gasteiger partial charge in [0.15, 0.2) is 5.16 Å². The van der Waals surface area contributed by atoms with Crippen LogP contribution in [0.15, 0.2) is 34.2 Å². The number of alkyl halides is 3. The zero-order valence-corrected chi connectivity index (χ0v) is 14.3. The third-order valence-corrected chi connectivity index (χ3v) is 4.11. The van der Waals surface area contributed by atoms with E-state index in [1.165, 1.54) is 12.1 Å². The summed E-state index contributed by atoms with van der Waals surface area (Å²) in [5.74, 6) is -0.729. The van der Waals surface area contributed by atoms with Gasteiger partial charge in [0.2, 0.25) is 5.91 Å². The van der Waals surface area contributed by atoms with Gasteiger partial charge in [0.25, 0.3) is 5.56 Å². The lowest BCUT2D eigenvalue weighted by Crippen LogP contribution is -2.18. The Morgan fingerprint density at radius 1 is 1.42 bits per heavy atom. The molecular weight excluding hydrogens is 369 g/mol. The Bertz CT molecular complexity index is 919. The van der Waals surface area contributed by atoms with Crippen LogP contribution in [0.5, 0.6) is 0 Å². The number of aromatic amines is 1. The van der Waals surface area contributed by atoms with Gasteiger partial charge >= 0.3 is 6.18 Å². The number of rotatable bonds is 5. The molecule has 2 N–H and O–H groups in total. The molecule has 1 amide bonds. The predicted octanol–water partition coefficient (Wildman–Crippen LogP) is 2.95. The highest BCUT2D eigenvalue weighted by Crippen LogP contribution is 2.30. The van der Waals surface area contributed by atoms with Crippen LogP contribution in [-0.4, -0.2) is 21.6 Å². The average Bonchev–Trinajstić information content (AvgIpc) is 2.59. The lowest BCUT2D eigenvalue weighted by Gasteiger charge is -2.10. The van der Waals surface area contributed by atoms with Crippen LogP contribution in [0.1, 0.15) is 23.7 Å². The van der Waals surface area contributed by atoms with Crippen LogP contribution in [0.4, 0.5) is 18.9 Å². The molecule has 0 atom stereocenters. The van der Waals surface area contributed by atoms with Crippen LogP contribution in [-0.2, 0) is 17.4 Å². The number of benzene rings is 1. The third kappa shape index (κ3) is 4.86. The first-order valence-electron chi connectivity index (χ1n) is 7.37. The van der Waals surface area contributed by atoms with Gasteiger partial charge in [0.05, 0.1) is 17.0 Å². The molecule has 0 spiro atoms. The van der Waals surface area contributed by atoms with Crippen molar-refractivity contribution in [3.63, 3.8) is 0 Å². The number of nitriles is 1. The summed E-state index contributed by atoms with van der Waals surface area (Å²) >= 11 is 0.910. The standard InChI is InChI=1S/C16H13F3N4O2S/c1-2-12-11(7-20)14(25)23-15(22-12)26-8-13(24)21-10-5-3-4-9(6-10)16(17,18)19/h3-6H,2,8H2,1H3,(H,21,24)(H,22,23,25). The molecular formula is C16H13F3N4O2S. The molecule has 0 saturated carbocycles. The summed E-state index contributed by atoms with van der Waals surface area (Å²) in [7, 11) is 0. The second kappa shape index (κ2) is 8.05. The van der Waals surface area contributed by atoms with Crippen molar-refractivity contribution in [3.8, 4) is 6.07 Å². The van der Waals surface area contributed by atoms with E-state index >= 15 is 0 Å². The summed E-state index contributed by atoms with van der Waals surface area (Å²) < 4.78 is 38.0. The fourth-order valence-electron chi connectivity index (χ4n) is 2.04. The topological polar surface area (TPSA) is 98.6 Å². The van der Waals surface area contributed by atoms with E-state index in [-0.39, 0.29) is 22.2 Å². The molecule has 0 aliphatic carbocycles. The van der Waals surface area contributed by atoms with E-state index in [1.54, 1.807) is 13.0 Å². The molecule has 0 radical (unpaired) electrons. The number of halogens is 3. The molecule has 6 nitrogen and oxygen atoms in total. The van der Waals surface area contributed by atoms with Crippen LogP contribution in [0.25, 0.3) is 0 Å². The monoisotopic (exact) mass is 382 g/mol. The molecule has 2 aromatic rings. The van der Waals surface area contributed by atoms with Crippen LogP contribution >= 0.6 is 11.8 Å². The highest BCUT2D eigenvalue weighted by atomic mass is 32.2. The first-order chi connectivity index (χ1) is 12.2. The zero-order valence-electron chi connectivity index (χ0n) is 13.5. The van der Waals surface area contributed by atoms with Gasteiger partial charge in [-0.05, 0) is 24.6 Å². The van der Waals surface area contributed by atoms with Crippen LogP contribution in [0.2, 0.25) is 0 Å². The molecule has 10 heteroatoms. The highest BCUT2D eigenvalue weighted by Gasteiger charge is 2.30. The molecule has 1 aromatic carbocycles. The maximum absolute atomic E-state index is 12.7. The Balaban J connectivity index is 2.05. The molecule has 0 aliphatic rings. The Labute approximate surface area is 150 Å². The van der Waals surface area contributed by atoms with Crippen molar-refractivity contribution in [3.05, 3.63) is 51.4 Å². The second-order valence-electron chi connectivity index (χ2n) is 5.07. The normalized spacial score (nSPS) is 11.0. The SMILES string of the molecule is CCc1nc(SCC(=O)Nc2cccc(C(F)(F)F)c2)[nH]c(=O)c1C#N. The number of aryl methyl sites for hydroxylation is 1. The number of amides is 1. The smallest absolute Gasteiger partial charge is 0.325 e. The molecule has 1 heterocycles. The average molecular weight is 382 g/mol. The summed E-state index contributed by atoms with van der Waals surface area (Å²) in [6.45, 7) is 1.73. The van der Waals surface area contributed by atoms with E-state index in [4.69, 9.17) is 5.26 Å². The number of carbonyl (C=O) groups excluding carboxylic acids is 1. The number of aromatic nitrogens is 2. The Morgan fingerprint density at radius 3 is 2.77 bits per heavy atom. The van der Waals surface area contributed by atoms with Gasteiger partial charge < -0.3 is 10.3 Å². The van der Waals surface area contributed by atoms with Crippen LogP contribution < -0.4 is 10.9 Å². The maximum atomic E-state index is 12.7. The van der Waals surface area contributed by atoms with Gasteiger partial charge in [-0.1, -0.05) is 24.8 Å². The summed E-state index contributed by atoms with van der Waals surface area (Å²) in [6, 6.07) is 6.04. The van der Waals surface area contributed by atoms with E-state index in [0.717, 1.165) is 23.9 Å². The molecule has 2 rings (SSSR count). The molecule has 1 aromatic heterocycles. The van der Waals surface area contributed by atoms with Crippen LogP contribution in [0, 0.1) is 11.3 Å². The van der Waals surface area contributed by atoms with Crippen molar-refractivity contribution in [1.82, 2.24) is 9.97 Å². The number of H-pyrrole nitrogens is 1. The third-order valence-electron chi connectivity index (χ3n) is 3.23. The molecule has 0 fully saturated rings. The molecule has 26 heavy (non-hydrogen) atoms. The van der Waals surface area contributed by atoms with Crippen molar-refractivity contribution in [1.29, 1.82) is 5.26 Å². The summed E-state index contributed by atoms with van der Waals surface area (Å²) in [6.07, 6.45) is -4.13. The van der Waals surface area contributed by atoms with Crippen LogP contribution in [0.3, 0.4) is 0 Å². The quantitative estimate of drug-likeness (QED) is 0.612. The lowest BCUT2D eigenvalue weighted by molar-refractivity contribution is -0.137. The number of hydrogen-bond donors (Lipinski definition) is 2. The van der Waals surface area contributed by atoms with Gasteiger partial charge in [0.1, 0.15) is 11.6 Å². The molecule has 0 unspecified atom stereocenters. The number of anilines is 1. The fraction of sp³-hybridized carbons (Fsp3) is 0.250. The van der Waals surface area contributed by atoms with E-state index in [0.29, 0.717) is 12.1 Å². The van der Waals surface area contributed by atoms with Crippen molar-refractivity contribution in [2.24, 2.45) is 0 Å². The number of hydrogen-bond acceptors (Lipinski definition) is 5. The molecule has 136 valence electrons. The van der Waals surface area contributed by atoms with Crippen molar-refractivity contribution in [2.75, 3.05) is 11.1 Å². The minimum atomic E-state index is -4.50. The number of thioether (sulfide) groups is 1. The second-order valence-corrected chi connectivity index (χ2v) is 6.04. The summed E-state index contributed by atoms with van der Waals surface area (Å²) in [5.41, 5.74) is -1.21. The number of nitrogens with zero attached hydrogens (tertiary/aromatic N) is 2. The van der Waals surface area contributed by atoms with E-state index in [9.17, 15) is 22.8 Å². The first-order valence-corrected chi connectivity index (χ1v) is 8.36. The Kier molecular flexibility index (Phi) is 6.05. The highest BCUT2D eigenvalue weighted by molar-refractivity contribution is 7.99. The lowest BCUT2D eigenvalue weighted by atomic mass is 10.2. The molecule has 0 aliphatic heterocycles. The van der Waals surface area contributed by atoms with Crippen molar-refractivity contribution < 1.29 is 18.0 Å². The zero-order chi connectivity index (χ0) is 19.3. The van der Waals surface area contributed by atoms with E-state index < -0.39 is 23.2 Å². The van der Waals surface area contributed by atoms with E-state index in [2.05, 4.69) is 15.3 Å². The van der Waals surface area contributed by atoms with Gasteiger partial charge in [0, 0.05) is 5.69 Å². The summed E-state index contributed by atoms with van der Waals surface area (Å²) in [4.78, 5) is 30.2. The predicted molar refractivity (Wildman–Crippen MR) is 89.7 cm³/mol. The number of carbonyl (C=O) groups is 1. The fourth-order valence-corrected chi connectivity index (χ4v) is 2.72. The number of nitrogens with one attached hydrogen (secondary N) is 2. The minimum absolute atomic E-state index is 0.0148. The van der Waals surface area contributed by atoms with Gasteiger partial charge in [-0.25, -0.2) is 4.98 Å². The van der Waals surface area contributed by atoms with Gasteiger partial charge in [-0.15, -0.1) is 0 Å². The first kappa shape index (κ1) is 19.5.